The van der Waals surface area contributed by atoms with E-state index in [-0.39, 0.29) is 41.8 Å². The van der Waals surface area contributed by atoms with Crippen molar-refractivity contribution >= 4 is 41.9 Å². The average molecular weight is 463 g/mol. The maximum Gasteiger partial charge on any atom is 0.322 e. The van der Waals surface area contributed by atoms with Gasteiger partial charge in [-0.2, -0.15) is 0 Å². The molecular formula is C17H30IN5O2. The number of guanidine groups is 1. The predicted octanol–water partition coefficient (Wildman–Crippen LogP) is 1.54. The number of imide groups is 1. The minimum absolute atomic E-state index is 0. The van der Waals surface area contributed by atoms with Gasteiger partial charge in [-0.1, -0.05) is 13.8 Å². The molecule has 3 N–H and O–H groups in total. The van der Waals surface area contributed by atoms with Gasteiger partial charge in [0, 0.05) is 26.7 Å². The number of piperidine rings is 1. The van der Waals surface area contributed by atoms with Gasteiger partial charge in [0.2, 0.25) is 0 Å². The molecule has 3 aliphatic rings. The third-order valence-electron chi connectivity index (χ3n) is 6.12. The number of nitrogens with zero attached hydrogens (tertiary/aromatic N) is 2. The largest absolute Gasteiger partial charge is 0.356 e. The summed E-state index contributed by atoms with van der Waals surface area (Å²) in [5, 5.41) is 8.65. The predicted molar refractivity (Wildman–Crippen MR) is 108 cm³/mol. The lowest BCUT2D eigenvalue weighted by molar-refractivity contribution is -0.125. The molecule has 0 radical (unpaired) electrons. The fourth-order valence-electron chi connectivity index (χ4n) is 3.98. The molecule has 2 unspecified atom stereocenters. The third-order valence-corrected chi connectivity index (χ3v) is 6.12. The monoisotopic (exact) mass is 463 g/mol. The molecule has 0 bridgehead atoms. The number of amides is 3. The van der Waals surface area contributed by atoms with Crippen LogP contribution >= 0.6 is 24.0 Å². The number of likely N-dealkylation sites (tertiary alicyclic amines) is 1. The topological polar surface area (TPSA) is 85.8 Å². The van der Waals surface area contributed by atoms with Gasteiger partial charge in [-0.05, 0) is 43.4 Å². The van der Waals surface area contributed by atoms with Gasteiger partial charge in [0.25, 0.3) is 5.91 Å². The molecule has 0 aromatic heterocycles. The van der Waals surface area contributed by atoms with Crippen LogP contribution in [0.25, 0.3) is 0 Å². The first-order chi connectivity index (χ1) is 11.3. The van der Waals surface area contributed by atoms with Gasteiger partial charge in [-0.15, -0.1) is 24.0 Å². The zero-order valence-electron chi connectivity index (χ0n) is 15.5. The van der Waals surface area contributed by atoms with Gasteiger partial charge < -0.3 is 15.5 Å². The van der Waals surface area contributed by atoms with Crippen LogP contribution in [0.15, 0.2) is 4.99 Å². The Morgan fingerprint density at radius 2 is 1.88 bits per heavy atom. The molecule has 3 amide bonds. The van der Waals surface area contributed by atoms with Crippen molar-refractivity contribution in [3.63, 3.8) is 0 Å². The van der Waals surface area contributed by atoms with Gasteiger partial charge in [-0.3, -0.25) is 15.1 Å². The van der Waals surface area contributed by atoms with Gasteiger partial charge in [0.1, 0.15) is 5.54 Å². The average Bonchev–Trinajstić information content (AvgIpc) is 3.05. The van der Waals surface area contributed by atoms with Crippen molar-refractivity contribution in [3.8, 4) is 0 Å². The molecule has 8 heteroatoms. The normalized spacial score (nSPS) is 31.9. The Morgan fingerprint density at radius 1 is 1.28 bits per heavy atom. The molecule has 2 saturated heterocycles. The summed E-state index contributed by atoms with van der Waals surface area (Å²) in [5.74, 6) is 1.62. The highest BCUT2D eigenvalue weighted by Gasteiger charge is 2.49. The molecule has 2 heterocycles. The number of carbonyl (C=O) groups is 2. The zero-order valence-corrected chi connectivity index (χ0v) is 17.8. The first-order valence-corrected chi connectivity index (χ1v) is 8.85. The molecule has 3 rings (SSSR count). The van der Waals surface area contributed by atoms with E-state index in [1.165, 1.54) is 6.42 Å². The van der Waals surface area contributed by atoms with Crippen molar-refractivity contribution in [3.05, 3.63) is 0 Å². The molecule has 25 heavy (non-hydrogen) atoms. The van der Waals surface area contributed by atoms with Crippen LogP contribution in [0.4, 0.5) is 4.79 Å². The van der Waals surface area contributed by atoms with Gasteiger partial charge in [-0.25, -0.2) is 4.79 Å². The molecule has 3 fully saturated rings. The van der Waals surface area contributed by atoms with Gasteiger partial charge >= 0.3 is 6.03 Å². The standard InChI is InChI=1S/C17H29N5O2.HI/c1-16(2)9-12(16)10-19-14(18-4)22-7-5-11(6-8-22)17(3)13(23)20-15(24)21-17;/h11-12H,5-10H2,1-4H3,(H,18,19)(H2,20,21,23,24);1H. The van der Waals surface area contributed by atoms with Crippen LogP contribution in [-0.4, -0.2) is 55.0 Å². The lowest BCUT2D eigenvalue weighted by Crippen LogP contribution is -2.55. The summed E-state index contributed by atoms with van der Waals surface area (Å²) in [4.78, 5) is 30.2. The van der Waals surface area contributed by atoms with Gasteiger partial charge in [0.15, 0.2) is 5.96 Å². The molecule has 0 aromatic carbocycles. The molecule has 2 atom stereocenters. The highest BCUT2D eigenvalue weighted by Crippen LogP contribution is 2.51. The third kappa shape index (κ3) is 4.03. The van der Waals surface area contributed by atoms with Crippen molar-refractivity contribution in [1.29, 1.82) is 0 Å². The summed E-state index contributed by atoms with van der Waals surface area (Å²) in [6.45, 7) is 9.09. The fourth-order valence-corrected chi connectivity index (χ4v) is 3.98. The van der Waals surface area contributed by atoms with E-state index in [1.54, 1.807) is 0 Å². The summed E-state index contributed by atoms with van der Waals surface area (Å²) >= 11 is 0. The first-order valence-electron chi connectivity index (χ1n) is 8.85. The highest BCUT2D eigenvalue weighted by molar-refractivity contribution is 14.0. The molecule has 1 saturated carbocycles. The van der Waals surface area contributed by atoms with Crippen LogP contribution in [0.1, 0.15) is 40.0 Å². The second-order valence-electron chi connectivity index (χ2n) is 8.19. The van der Waals surface area contributed by atoms with Crippen molar-refractivity contribution < 1.29 is 9.59 Å². The molecule has 2 aliphatic heterocycles. The molecule has 0 spiro atoms. The minimum Gasteiger partial charge on any atom is -0.356 e. The maximum absolute atomic E-state index is 12.1. The molecule has 142 valence electrons. The van der Waals surface area contributed by atoms with Crippen molar-refractivity contribution in [1.82, 2.24) is 20.9 Å². The van der Waals surface area contributed by atoms with E-state index < -0.39 is 5.54 Å². The van der Waals surface area contributed by atoms with Crippen molar-refractivity contribution in [2.75, 3.05) is 26.7 Å². The first kappa shape index (κ1) is 20.3. The molecule has 7 nitrogen and oxygen atoms in total. The van der Waals surface area contributed by atoms with Crippen molar-refractivity contribution in [2.24, 2.45) is 22.2 Å². The Balaban J connectivity index is 0.00000225. The Kier molecular flexibility index (Phi) is 5.90. The summed E-state index contributed by atoms with van der Waals surface area (Å²) in [5.41, 5.74) is -0.320. The summed E-state index contributed by atoms with van der Waals surface area (Å²) in [7, 11) is 1.82. The van der Waals surface area contributed by atoms with E-state index in [9.17, 15) is 9.59 Å². The summed E-state index contributed by atoms with van der Waals surface area (Å²) in [6, 6.07) is -0.380. The van der Waals surface area contributed by atoms with Crippen LogP contribution in [0.3, 0.4) is 0 Å². The highest BCUT2D eigenvalue weighted by atomic mass is 127. The zero-order chi connectivity index (χ0) is 17.5. The Bertz CT molecular complexity index is 571. The van der Waals surface area contributed by atoms with Crippen LogP contribution in [0.2, 0.25) is 0 Å². The summed E-state index contributed by atoms with van der Waals surface area (Å²) < 4.78 is 0. The Labute approximate surface area is 166 Å². The number of nitrogens with one attached hydrogen (secondary N) is 3. The number of hydrogen-bond donors (Lipinski definition) is 3. The minimum atomic E-state index is -0.780. The molecule has 0 aromatic rings. The SMILES string of the molecule is CN=C(NCC1CC1(C)C)N1CCC(C2(C)NC(=O)NC2=O)CC1.I. The van der Waals surface area contributed by atoms with Crippen LogP contribution < -0.4 is 16.0 Å². The van der Waals surface area contributed by atoms with E-state index in [0.717, 1.165) is 44.4 Å². The number of carbonyl (C=O) groups excluding carboxylic acids is 2. The number of halogens is 1. The van der Waals surface area contributed by atoms with E-state index in [1.807, 2.05) is 14.0 Å². The van der Waals surface area contributed by atoms with Crippen LogP contribution in [0.5, 0.6) is 0 Å². The van der Waals surface area contributed by atoms with Crippen molar-refractivity contribution in [2.45, 2.75) is 45.6 Å². The number of hydrogen-bond acceptors (Lipinski definition) is 3. The lowest BCUT2D eigenvalue weighted by atomic mass is 9.79. The number of aliphatic imine (C=N–C) groups is 1. The fraction of sp³-hybridized carbons (Fsp3) is 0.824. The van der Waals surface area contributed by atoms with Crippen LogP contribution in [0, 0.1) is 17.3 Å². The molecular weight excluding hydrogens is 433 g/mol. The quantitative estimate of drug-likeness (QED) is 0.257. The number of rotatable bonds is 3. The second-order valence-corrected chi connectivity index (χ2v) is 8.19. The lowest BCUT2D eigenvalue weighted by Gasteiger charge is -2.39. The van der Waals surface area contributed by atoms with Crippen LogP contribution in [-0.2, 0) is 4.79 Å². The Hall–Kier alpha value is -1.06. The number of urea groups is 1. The molecule has 1 aliphatic carbocycles. The van der Waals surface area contributed by atoms with E-state index in [0.29, 0.717) is 5.41 Å². The smallest absolute Gasteiger partial charge is 0.322 e. The second kappa shape index (κ2) is 7.28. The van der Waals surface area contributed by atoms with E-state index in [2.05, 4.69) is 39.7 Å². The van der Waals surface area contributed by atoms with Gasteiger partial charge in [0.05, 0.1) is 0 Å². The maximum atomic E-state index is 12.1. The van der Waals surface area contributed by atoms with E-state index in [4.69, 9.17) is 0 Å². The Morgan fingerprint density at radius 3 is 2.32 bits per heavy atom. The summed E-state index contributed by atoms with van der Waals surface area (Å²) in [6.07, 6.45) is 2.99. The van der Waals surface area contributed by atoms with E-state index >= 15 is 0 Å².